The molecule has 2 aliphatic rings. The number of alkyl halides is 2. The van der Waals surface area contributed by atoms with E-state index in [1.165, 1.54) is 22.5 Å². The molecule has 1 aromatic carbocycles. The number of sulfonamides is 1. The SMILES string of the molecule is O=C1CCCC12CCN(S(=O)(=O)c1cccc(OC(F)F)c1)CC2. The molecule has 0 amide bonds. The van der Waals surface area contributed by atoms with Crippen LogP contribution in [0.1, 0.15) is 32.1 Å². The highest BCUT2D eigenvalue weighted by Gasteiger charge is 2.45. The summed E-state index contributed by atoms with van der Waals surface area (Å²) in [5.41, 5.74) is -0.355. The Morgan fingerprint density at radius 1 is 1.17 bits per heavy atom. The zero-order valence-corrected chi connectivity index (χ0v) is 13.9. The van der Waals surface area contributed by atoms with Gasteiger partial charge in [-0.25, -0.2) is 8.42 Å². The Balaban J connectivity index is 1.76. The molecule has 1 heterocycles. The summed E-state index contributed by atoms with van der Waals surface area (Å²) in [7, 11) is -3.79. The predicted octanol–water partition coefficient (Wildman–Crippen LogP) is 2.81. The average molecular weight is 359 g/mol. The van der Waals surface area contributed by atoms with Crippen molar-refractivity contribution in [3.05, 3.63) is 24.3 Å². The molecule has 132 valence electrons. The smallest absolute Gasteiger partial charge is 0.387 e. The first kappa shape index (κ1) is 17.3. The zero-order valence-electron chi connectivity index (χ0n) is 13.1. The summed E-state index contributed by atoms with van der Waals surface area (Å²) in [6, 6.07) is 5.12. The maximum Gasteiger partial charge on any atom is 0.387 e. The van der Waals surface area contributed by atoms with Crippen molar-refractivity contribution in [2.75, 3.05) is 13.1 Å². The van der Waals surface area contributed by atoms with E-state index in [9.17, 15) is 22.0 Å². The predicted molar refractivity (Wildman–Crippen MR) is 82.4 cm³/mol. The van der Waals surface area contributed by atoms with Crippen LogP contribution < -0.4 is 4.74 Å². The Morgan fingerprint density at radius 3 is 2.46 bits per heavy atom. The number of nitrogens with zero attached hydrogens (tertiary/aromatic N) is 1. The Kier molecular flexibility index (Phi) is 4.61. The number of rotatable bonds is 4. The Labute approximate surface area is 139 Å². The summed E-state index contributed by atoms with van der Waals surface area (Å²) in [4.78, 5) is 12.0. The van der Waals surface area contributed by atoms with Crippen molar-refractivity contribution in [3.63, 3.8) is 0 Å². The molecule has 0 unspecified atom stereocenters. The molecule has 8 heteroatoms. The van der Waals surface area contributed by atoms with Gasteiger partial charge in [-0.05, 0) is 37.8 Å². The molecule has 0 radical (unpaired) electrons. The quantitative estimate of drug-likeness (QED) is 0.829. The molecule has 1 aromatic rings. The number of hydrogen-bond acceptors (Lipinski definition) is 4. The van der Waals surface area contributed by atoms with E-state index in [2.05, 4.69) is 4.74 Å². The number of ether oxygens (including phenoxy) is 1. The van der Waals surface area contributed by atoms with E-state index in [4.69, 9.17) is 0 Å². The minimum absolute atomic E-state index is 0.0747. The van der Waals surface area contributed by atoms with Crippen molar-refractivity contribution >= 4 is 15.8 Å². The third-order valence-electron chi connectivity index (χ3n) is 5.00. The highest BCUT2D eigenvalue weighted by atomic mass is 32.2. The molecular formula is C16H19F2NO4S. The third-order valence-corrected chi connectivity index (χ3v) is 6.89. The average Bonchev–Trinajstić information content (AvgIpc) is 2.88. The molecule has 1 aliphatic heterocycles. The summed E-state index contributed by atoms with van der Waals surface area (Å²) in [5.74, 6) is 0.0532. The third kappa shape index (κ3) is 3.17. The molecule has 2 fully saturated rings. The highest BCUT2D eigenvalue weighted by molar-refractivity contribution is 7.89. The molecule has 0 atom stereocenters. The number of carbonyl (C=O) groups excluding carboxylic acids is 1. The number of halogens is 2. The largest absolute Gasteiger partial charge is 0.435 e. The maximum absolute atomic E-state index is 12.7. The van der Waals surface area contributed by atoms with E-state index in [0.717, 1.165) is 18.9 Å². The van der Waals surface area contributed by atoms with Crippen LogP contribution in [0.15, 0.2) is 29.2 Å². The Hall–Kier alpha value is -1.54. The summed E-state index contributed by atoms with van der Waals surface area (Å²) in [6.45, 7) is -2.46. The molecule has 1 saturated heterocycles. The molecule has 1 saturated carbocycles. The number of benzene rings is 1. The second kappa shape index (κ2) is 6.40. The van der Waals surface area contributed by atoms with Gasteiger partial charge in [-0.2, -0.15) is 13.1 Å². The standard InChI is InChI=1S/C16H19F2NO4S/c17-15(18)23-12-3-1-4-13(11-12)24(21,22)19-9-7-16(8-10-19)6-2-5-14(16)20/h1,3-4,11,15H,2,5-10H2. The van der Waals surface area contributed by atoms with E-state index in [0.29, 0.717) is 19.3 Å². The van der Waals surface area contributed by atoms with E-state index in [1.54, 1.807) is 0 Å². The summed E-state index contributed by atoms with van der Waals surface area (Å²) >= 11 is 0. The van der Waals surface area contributed by atoms with Crippen molar-refractivity contribution in [1.82, 2.24) is 4.31 Å². The van der Waals surface area contributed by atoms with Crippen LogP contribution in [0.3, 0.4) is 0 Å². The molecule has 3 rings (SSSR count). The fourth-order valence-corrected chi connectivity index (χ4v) is 5.11. The van der Waals surface area contributed by atoms with Gasteiger partial charge in [-0.15, -0.1) is 0 Å². The van der Waals surface area contributed by atoms with Crippen LogP contribution in [0.5, 0.6) is 5.75 Å². The zero-order chi connectivity index (χ0) is 17.4. The van der Waals surface area contributed by atoms with E-state index >= 15 is 0 Å². The van der Waals surface area contributed by atoms with Crippen molar-refractivity contribution in [2.24, 2.45) is 5.41 Å². The van der Waals surface area contributed by atoms with Crippen LogP contribution in [0, 0.1) is 5.41 Å². The van der Waals surface area contributed by atoms with E-state index in [-0.39, 0.29) is 34.9 Å². The lowest BCUT2D eigenvalue weighted by atomic mass is 9.77. The molecule has 24 heavy (non-hydrogen) atoms. The first-order chi connectivity index (χ1) is 11.3. The summed E-state index contributed by atoms with van der Waals surface area (Å²) < 4.78 is 55.6. The molecule has 5 nitrogen and oxygen atoms in total. The molecule has 0 aromatic heterocycles. The second-order valence-electron chi connectivity index (χ2n) is 6.31. The van der Waals surface area contributed by atoms with Crippen LogP contribution in [0.4, 0.5) is 8.78 Å². The number of hydrogen-bond donors (Lipinski definition) is 0. The van der Waals surface area contributed by atoms with Crippen molar-refractivity contribution in [2.45, 2.75) is 43.6 Å². The van der Waals surface area contributed by atoms with Crippen LogP contribution in [-0.2, 0) is 14.8 Å². The number of carbonyl (C=O) groups is 1. The first-order valence-electron chi connectivity index (χ1n) is 7.92. The lowest BCUT2D eigenvalue weighted by molar-refractivity contribution is -0.127. The van der Waals surface area contributed by atoms with Gasteiger partial charge in [-0.1, -0.05) is 6.07 Å². The lowest BCUT2D eigenvalue weighted by Gasteiger charge is -2.37. The fourth-order valence-electron chi connectivity index (χ4n) is 3.64. The molecule has 0 N–H and O–H groups in total. The molecule has 1 spiro atoms. The first-order valence-corrected chi connectivity index (χ1v) is 9.36. The van der Waals surface area contributed by atoms with Gasteiger partial charge >= 0.3 is 6.61 Å². The van der Waals surface area contributed by atoms with Crippen LogP contribution in [-0.4, -0.2) is 38.2 Å². The van der Waals surface area contributed by atoms with Crippen molar-refractivity contribution < 1.29 is 26.7 Å². The molecule has 0 bridgehead atoms. The monoisotopic (exact) mass is 359 g/mol. The fraction of sp³-hybridized carbons (Fsp3) is 0.562. The van der Waals surface area contributed by atoms with Gasteiger partial charge in [0.15, 0.2) is 0 Å². The minimum atomic E-state index is -3.79. The van der Waals surface area contributed by atoms with Crippen molar-refractivity contribution in [3.8, 4) is 5.75 Å². The van der Waals surface area contributed by atoms with Gasteiger partial charge in [0.05, 0.1) is 4.90 Å². The van der Waals surface area contributed by atoms with E-state index in [1.807, 2.05) is 0 Å². The second-order valence-corrected chi connectivity index (χ2v) is 8.25. The van der Waals surface area contributed by atoms with Crippen LogP contribution >= 0.6 is 0 Å². The highest BCUT2D eigenvalue weighted by Crippen LogP contribution is 2.44. The summed E-state index contributed by atoms with van der Waals surface area (Å²) in [5, 5.41) is 0. The van der Waals surface area contributed by atoms with Gasteiger partial charge in [0, 0.05) is 31.0 Å². The molecular weight excluding hydrogens is 340 g/mol. The number of piperidine rings is 1. The van der Waals surface area contributed by atoms with Gasteiger partial charge in [-0.3, -0.25) is 4.79 Å². The summed E-state index contributed by atoms with van der Waals surface area (Å²) in [6.07, 6.45) is 3.34. The normalized spacial score (nSPS) is 21.5. The maximum atomic E-state index is 12.7. The Bertz CT molecular complexity index is 727. The van der Waals surface area contributed by atoms with Gasteiger partial charge in [0.1, 0.15) is 11.5 Å². The number of Topliss-reactive ketones (excluding diaryl/α,β-unsaturated/α-hetero) is 1. The topological polar surface area (TPSA) is 63.7 Å². The van der Waals surface area contributed by atoms with Gasteiger partial charge < -0.3 is 4.74 Å². The minimum Gasteiger partial charge on any atom is -0.435 e. The Morgan fingerprint density at radius 2 is 1.88 bits per heavy atom. The van der Waals surface area contributed by atoms with E-state index < -0.39 is 16.6 Å². The van der Waals surface area contributed by atoms with Crippen molar-refractivity contribution in [1.29, 1.82) is 0 Å². The van der Waals surface area contributed by atoms with Gasteiger partial charge in [0.2, 0.25) is 10.0 Å². The van der Waals surface area contributed by atoms with Crippen LogP contribution in [0.25, 0.3) is 0 Å². The van der Waals surface area contributed by atoms with Gasteiger partial charge in [0.25, 0.3) is 0 Å². The lowest BCUT2D eigenvalue weighted by Crippen LogP contribution is -2.44. The number of ketones is 1. The van der Waals surface area contributed by atoms with Crippen LogP contribution in [0.2, 0.25) is 0 Å². The molecule has 1 aliphatic carbocycles.